The predicted octanol–water partition coefficient (Wildman–Crippen LogP) is 6.04. The highest BCUT2D eigenvalue weighted by molar-refractivity contribution is 7.45. The van der Waals surface area contributed by atoms with Crippen molar-refractivity contribution in [2.75, 3.05) is 40.9 Å². The number of nitrogens with zero attached hydrogens (tertiary/aromatic N) is 1. The number of phosphoric acid groups is 1. The number of carbonyl (C=O) groups excluding carboxylic acids is 1. The van der Waals surface area contributed by atoms with E-state index in [0.29, 0.717) is 17.4 Å². The summed E-state index contributed by atoms with van der Waals surface area (Å²) >= 11 is 0. The standard InChI is InChI=1S/C30H59N2O6P/c1-6-8-10-12-14-16-18-20-22-24-30(34)31-28(27-38-39(35,36)37-26-25-32(3,4)5)29(33)23-21-19-17-15-13-11-9-7-2/h13,15,21,23,28-29,33H,6-12,14,16-20,22,24-27H2,1-5H3,(H-,31,34,35,36)/b15-13+,23-21+. The Labute approximate surface area is 239 Å². The van der Waals surface area contributed by atoms with E-state index in [1.807, 2.05) is 27.2 Å². The molecule has 0 saturated carbocycles. The molecular weight excluding hydrogens is 515 g/mol. The van der Waals surface area contributed by atoms with Crippen molar-refractivity contribution in [1.29, 1.82) is 0 Å². The lowest BCUT2D eigenvalue weighted by atomic mass is 10.1. The fourth-order valence-corrected chi connectivity index (χ4v) is 4.58. The van der Waals surface area contributed by atoms with Crippen LogP contribution in [0, 0.1) is 0 Å². The molecule has 0 bridgehead atoms. The van der Waals surface area contributed by atoms with Crippen LogP contribution in [0.4, 0.5) is 0 Å². The fraction of sp³-hybridized carbons (Fsp3) is 0.833. The van der Waals surface area contributed by atoms with Gasteiger partial charge in [-0.25, -0.2) is 0 Å². The lowest BCUT2D eigenvalue weighted by Crippen LogP contribution is -2.45. The van der Waals surface area contributed by atoms with Crippen LogP contribution in [0.2, 0.25) is 0 Å². The molecule has 1 amide bonds. The third-order valence-corrected chi connectivity index (χ3v) is 7.38. The van der Waals surface area contributed by atoms with Gasteiger partial charge in [0.1, 0.15) is 13.2 Å². The maximum Gasteiger partial charge on any atom is 0.268 e. The summed E-state index contributed by atoms with van der Waals surface area (Å²) in [5, 5.41) is 13.5. The normalized spacial score (nSPS) is 15.6. The molecule has 0 rings (SSSR count). The average Bonchev–Trinajstić information content (AvgIpc) is 2.86. The number of aliphatic hydroxyl groups excluding tert-OH is 1. The van der Waals surface area contributed by atoms with Crippen LogP contribution in [0.5, 0.6) is 0 Å². The first-order valence-corrected chi connectivity index (χ1v) is 16.7. The summed E-state index contributed by atoms with van der Waals surface area (Å²) in [6, 6.07) is -0.892. The first kappa shape index (κ1) is 38.0. The Morgan fingerprint density at radius 2 is 1.44 bits per heavy atom. The molecule has 2 N–H and O–H groups in total. The molecule has 0 aromatic heterocycles. The third kappa shape index (κ3) is 25.7. The van der Waals surface area contributed by atoms with Crippen molar-refractivity contribution in [1.82, 2.24) is 5.32 Å². The number of aliphatic hydroxyl groups is 1. The Hall–Kier alpha value is -1.02. The van der Waals surface area contributed by atoms with Gasteiger partial charge in [0, 0.05) is 6.42 Å². The van der Waals surface area contributed by atoms with Crippen molar-refractivity contribution >= 4 is 13.7 Å². The van der Waals surface area contributed by atoms with E-state index in [4.69, 9.17) is 9.05 Å². The molecule has 0 saturated heterocycles. The van der Waals surface area contributed by atoms with E-state index in [9.17, 15) is 19.4 Å². The van der Waals surface area contributed by atoms with Gasteiger partial charge in [-0.3, -0.25) is 9.36 Å². The van der Waals surface area contributed by atoms with E-state index in [-0.39, 0.29) is 12.5 Å². The van der Waals surface area contributed by atoms with Crippen molar-refractivity contribution in [2.45, 2.75) is 122 Å². The number of unbranched alkanes of at least 4 members (excludes halogenated alkanes) is 11. The zero-order valence-corrected chi connectivity index (χ0v) is 26.5. The molecule has 230 valence electrons. The summed E-state index contributed by atoms with van der Waals surface area (Å²) in [4.78, 5) is 24.8. The first-order chi connectivity index (χ1) is 18.5. The number of rotatable bonds is 26. The summed E-state index contributed by atoms with van der Waals surface area (Å²) in [5.74, 6) is -0.218. The summed E-state index contributed by atoms with van der Waals surface area (Å²) in [6.07, 6.45) is 22.4. The fourth-order valence-electron chi connectivity index (χ4n) is 3.86. The summed E-state index contributed by atoms with van der Waals surface area (Å²) in [6.45, 7) is 4.47. The van der Waals surface area contributed by atoms with Crippen LogP contribution in [-0.4, -0.2) is 68.5 Å². The topological polar surface area (TPSA) is 108 Å². The number of nitrogens with one attached hydrogen (secondary N) is 1. The molecule has 0 aromatic carbocycles. The number of likely N-dealkylation sites (N-methyl/N-ethyl adjacent to an activating group) is 1. The van der Waals surface area contributed by atoms with E-state index in [1.54, 1.807) is 6.08 Å². The van der Waals surface area contributed by atoms with Gasteiger partial charge in [-0.2, -0.15) is 0 Å². The van der Waals surface area contributed by atoms with Crippen LogP contribution >= 0.6 is 7.82 Å². The Bertz CT molecular complexity index is 708. The molecule has 0 aromatic rings. The van der Waals surface area contributed by atoms with Crippen molar-refractivity contribution in [3.63, 3.8) is 0 Å². The zero-order chi connectivity index (χ0) is 29.4. The number of allylic oxidation sites excluding steroid dienone is 3. The Morgan fingerprint density at radius 1 is 0.872 bits per heavy atom. The van der Waals surface area contributed by atoms with E-state index in [2.05, 4.69) is 31.3 Å². The molecule has 0 aliphatic heterocycles. The van der Waals surface area contributed by atoms with Crippen LogP contribution in [0.25, 0.3) is 0 Å². The molecule has 39 heavy (non-hydrogen) atoms. The van der Waals surface area contributed by atoms with E-state index in [1.165, 1.54) is 51.4 Å². The second kappa shape index (κ2) is 23.7. The molecule has 0 aliphatic carbocycles. The first-order valence-electron chi connectivity index (χ1n) is 15.2. The van der Waals surface area contributed by atoms with Crippen molar-refractivity contribution in [2.24, 2.45) is 0 Å². The van der Waals surface area contributed by atoms with Gasteiger partial charge in [0.25, 0.3) is 7.82 Å². The Balaban J connectivity index is 4.73. The van der Waals surface area contributed by atoms with Crippen LogP contribution in [0.1, 0.15) is 110 Å². The van der Waals surface area contributed by atoms with Crippen molar-refractivity contribution < 1.29 is 32.9 Å². The zero-order valence-electron chi connectivity index (χ0n) is 25.6. The lowest BCUT2D eigenvalue weighted by molar-refractivity contribution is -0.870. The molecule has 0 aliphatic rings. The molecule has 8 nitrogen and oxygen atoms in total. The number of hydrogen-bond acceptors (Lipinski definition) is 6. The minimum absolute atomic E-state index is 0.00582. The number of quaternary nitrogens is 1. The van der Waals surface area contributed by atoms with Crippen LogP contribution in [0.15, 0.2) is 24.3 Å². The lowest BCUT2D eigenvalue weighted by Gasteiger charge is -2.29. The highest BCUT2D eigenvalue weighted by Gasteiger charge is 2.23. The van der Waals surface area contributed by atoms with E-state index < -0.39 is 26.6 Å². The maximum atomic E-state index is 12.6. The molecule has 3 unspecified atom stereocenters. The van der Waals surface area contributed by atoms with Gasteiger partial charge >= 0.3 is 0 Å². The largest absolute Gasteiger partial charge is 0.756 e. The smallest absolute Gasteiger partial charge is 0.268 e. The molecule has 0 fully saturated rings. The highest BCUT2D eigenvalue weighted by atomic mass is 31.2. The van der Waals surface area contributed by atoms with Gasteiger partial charge in [-0.15, -0.1) is 0 Å². The molecule has 3 atom stereocenters. The molecule has 0 heterocycles. The van der Waals surface area contributed by atoms with Gasteiger partial charge in [0.2, 0.25) is 5.91 Å². The number of amides is 1. The Kier molecular flexibility index (Phi) is 23.0. The van der Waals surface area contributed by atoms with Gasteiger partial charge in [0.15, 0.2) is 0 Å². The number of carbonyl (C=O) groups is 1. The van der Waals surface area contributed by atoms with Gasteiger partial charge in [-0.05, 0) is 25.7 Å². The summed E-state index contributed by atoms with van der Waals surface area (Å²) < 4.78 is 22.8. The van der Waals surface area contributed by atoms with Crippen molar-refractivity contribution in [3.05, 3.63) is 24.3 Å². The van der Waals surface area contributed by atoms with Gasteiger partial charge in [-0.1, -0.05) is 102 Å². The molecular formula is C30H59N2O6P. The van der Waals surface area contributed by atoms with E-state index >= 15 is 0 Å². The third-order valence-electron chi connectivity index (χ3n) is 6.41. The molecule has 9 heteroatoms. The Morgan fingerprint density at radius 3 is 2.05 bits per heavy atom. The molecule has 0 spiro atoms. The van der Waals surface area contributed by atoms with Gasteiger partial charge in [0.05, 0.1) is 39.9 Å². The molecule has 0 radical (unpaired) electrons. The summed E-state index contributed by atoms with van der Waals surface area (Å²) in [5.41, 5.74) is 0. The van der Waals surface area contributed by atoms with Crippen LogP contribution in [-0.2, 0) is 18.4 Å². The quantitative estimate of drug-likeness (QED) is 0.0564. The monoisotopic (exact) mass is 574 g/mol. The predicted molar refractivity (Wildman–Crippen MR) is 159 cm³/mol. The summed E-state index contributed by atoms with van der Waals surface area (Å²) in [7, 11) is 1.23. The SMILES string of the molecule is CCCC/C=C/CC/C=C/C(O)C(COP(=O)([O-])OCC[N+](C)(C)C)NC(=O)CCCCCCCCCCC. The average molecular weight is 575 g/mol. The minimum Gasteiger partial charge on any atom is -0.756 e. The minimum atomic E-state index is -4.57. The van der Waals surface area contributed by atoms with Gasteiger partial charge < -0.3 is 28.8 Å². The van der Waals surface area contributed by atoms with Crippen molar-refractivity contribution in [3.8, 4) is 0 Å². The number of hydrogen-bond donors (Lipinski definition) is 2. The second-order valence-electron chi connectivity index (χ2n) is 11.5. The van der Waals surface area contributed by atoms with Crippen LogP contribution < -0.4 is 10.2 Å². The number of phosphoric ester groups is 1. The maximum absolute atomic E-state index is 12.6. The second-order valence-corrected chi connectivity index (χ2v) is 12.9. The highest BCUT2D eigenvalue weighted by Crippen LogP contribution is 2.38. The van der Waals surface area contributed by atoms with Crippen LogP contribution in [0.3, 0.4) is 0 Å². The van der Waals surface area contributed by atoms with E-state index in [0.717, 1.165) is 38.5 Å².